The van der Waals surface area contributed by atoms with Crippen molar-refractivity contribution in [1.29, 1.82) is 0 Å². The zero-order valence-electron chi connectivity index (χ0n) is 10.7. The van der Waals surface area contributed by atoms with Gasteiger partial charge in [-0.2, -0.15) is 0 Å². The van der Waals surface area contributed by atoms with Crippen molar-refractivity contribution in [3.8, 4) is 0 Å². The number of aliphatic hydroxyl groups is 1. The molecule has 1 N–H and O–H groups in total. The number of aryl methyl sites for hydroxylation is 3. The third-order valence-corrected chi connectivity index (χ3v) is 4.53. The molecule has 1 aromatic heterocycles. The first kappa shape index (κ1) is 13.5. The Morgan fingerprint density at radius 3 is 2.61 bits per heavy atom. The molecule has 96 valence electrons. The minimum Gasteiger partial charge on any atom is -0.388 e. The summed E-state index contributed by atoms with van der Waals surface area (Å²) in [6.07, 6.45) is 0.0337. The quantitative estimate of drug-likeness (QED) is 0.922. The summed E-state index contributed by atoms with van der Waals surface area (Å²) < 4.78 is 0. The summed E-state index contributed by atoms with van der Waals surface area (Å²) in [7, 11) is 0. The van der Waals surface area contributed by atoms with Gasteiger partial charge in [-0.1, -0.05) is 23.7 Å². The molecular formula is C14H16ClNOS. The van der Waals surface area contributed by atoms with E-state index in [1.165, 1.54) is 4.88 Å². The second kappa shape index (κ2) is 5.39. The number of aromatic nitrogens is 1. The fourth-order valence-corrected chi connectivity index (χ4v) is 2.87. The predicted molar refractivity (Wildman–Crippen MR) is 76.4 cm³/mol. The van der Waals surface area contributed by atoms with Gasteiger partial charge < -0.3 is 5.11 Å². The number of hydrogen-bond acceptors (Lipinski definition) is 3. The van der Waals surface area contributed by atoms with Crippen LogP contribution in [0.4, 0.5) is 0 Å². The molecule has 1 heterocycles. The SMILES string of the molecule is Cc1cc(C(O)Cc2nc(C)c(C)s2)ccc1Cl. The summed E-state index contributed by atoms with van der Waals surface area (Å²) in [5, 5.41) is 11.9. The van der Waals surface area contributed by atoms with E-state index in [0.717, 1.165) is 26.9 Å². The Kier molecular flexibility index (Phi) is 4.05. The monoisotopic (exact) mass is 281 g/mol. The molecule has 2 nitrogen and oxygen atoms in total. The van der Waals surface area contributed by atoms with Crippen LogP contribution in [-0.4, -0.2) is 10.1 Å². The van der Waals surface area contributed by atoms with Gasteiger partial charge in [-0.05, 0) is 38.0 Å². The van der Waals surface area contributed by atoms with Crippen LogP contribution in [-0.2, 0) is 6.42 Å². The molecule has 18 heavy (non-hydrogen) atoms. The molecule has 0 aliphatic carbocycles. The molecule has 1 unspecified atom stereocenters. The number of nitrogens with zero attached hydrogens (tertiary/aromatic N) is 1. The van der Waals surface area contributed by atoms with E-state index >= 15 is 0 Å². The maximum atomic E-state index is 10.2. The molecule has 2 aromatic rings. The van der Waals surface area contributed by atoms with E-state index in [1.807, 2.05) is 32.0 Å². The zero-order valence-corrected chi connectivity index (χ0v) is 12.3. The molecule has 4 heteroatoms. The molecule has 0 radical (unpaired) electrons. The van der Waals surface area contributed by atoms with E-state index < -0.39 is 6.10 Å². The molecule has 1 aromatic carbocycles. The Morgan fingerprint density at radius 2 is 2.06 bits per heavy atom. The van der Waals surface area contributed by atoms with E-state index in [0.29, 0.717) is 6.42 Å². The minimum atomic E-state index is -0.522. The predicted octanol–water partition coefficient (Wildman–Crippen LogP) is 4.00. The highest BCUT2D eigenvalue weighted by molar-refractivity contribution is 7.11. The topological polar surface area (TPSA) is 33.1 Å². The fourth-order valence-electron chi connectivity index (χ4n) is 1.78. The van der Waals surface area contributed by atoms with Gasteiger partial charge in [-0.25, -0.2) is 4.98 Å². The van der Waals surface area contributed by atoms with E-state index in [1.54, 1.807) is 11.3 Å². The average molecular weight is 282 g/mol. The zero-order chi connectivity index (χ0) is 13.3. The molecule has 0 fully saturated rings. The summed E-state index contributed by atoms with van der Waals surface area (Å²) in [4.78, 5) is 5.66. The number of thiazole rings is 1. The standard InChI is InChI=1S/C14H16ClNOS/c1-8-6-11(4-5-12(8)15)13(17)7-14-16-9(2)10(3)18-14/h4-6,13,17H,7H2,1-3H3. The Balaban J connectivity index is 2.16. The second-order valence-corrected chi connectivity index (χ2v) is 6.17. The van der Waals surface area contributed by atoms with Gasteiger partial charge in [0, 0.05) is 16.3 Å². The van der Waals surface area contributed by atoms with Gasteiger partial charge in [0.05, 0.1) is 16.8 Å². The van der Waals surface area contributed by atoms with Crippen LogP contribution in [0.25, 0.3) is 0 Å². The number of rotatable bonds is 3. The van der Waals surface area contributed by atoms with Crippen LogP contribution < -0.4 is 0 Å². The first-order chi connectivity index (χ1) is 8.47. The summed E-state index contributed by atoms with van der Waals surface area (Å²) in [6, 6.07) is 5.63. The Morgan fingerprint density at radius 1 is 1.33 bits per heavy atom. The van der Waals surface area contributed by atoms with Crippen molar-refractivity contribution in [3.05, 3.63) is 49.9 Å². The van der Waals surface area contributed by atoms with Crippen molar-refractivity contribution >= 4 is 22.9 Å². The fraction of sp³-hybridized carbons (Fsp3) is 0.357. The second-order valence-electron chi connectivity index (χ2n) is 4.48. The van der Waals surface area contributed by atoms with Crippen LogP contribution in [0.1, 0.15) is 32.8 Å². The Hall–Kier alpha value is -0.900. The molecule has 0 aliphatic heterocycles. The largest absolute Gasteiger partial charge is 0.388 e. The Bertz CT molecular complexity index is 545. The van der Waals surface area contributed by atoms with Crippen LogP contribution in [0.5, 0.6) is 0 Å². The van der Waals surface area contributed by atoms with Gasteiger partial charge in [0.25, 0.3) is 0 Å². The minimum absolute atomic E-state index is 0.522. The smallest absolute Gasteiger partial charge is 0.0960 e. The first-order valence-corrected chi connectivity index (χ1v) is 7.04. The summed E-state index contributed by atoms with van der Waals surface area (Å²) in [6.45, 7) is 5.99. The number of hydrogen-bond donors (Lipinski definition) is 1. The third kappa shape index (κ3) is 2.91. The van der Waals surface area contributed by atoms with Crippen LogP contribution >= 0.6 is 22.9 Å². The highest BCUT2D eigenvalue weighted by Gasteiger charge is 2.13. The third-order valence-electron chi connectivity index (χ3n) is 3.01. The van der Waals surface area contributed by atoms with Crippen LogP contribution in [0, 0.1) is 20.8 Å². The lowest BCUT2D eigenvalue weighted by Crippen LogP contribution is -2.02. The maximum Gasteiger partial charge on any atom is 0.0960 e. The van der Waals surface area contributed by atoms with Gasteiger partial charge in [-0.3, -0.25) is 0 Å². The van der Waals surface area contributed by atoms with Crippen LogP contribution in [0.3, 0.4) is 0 Å². The normalized spacial score (nSPS) is 12.7. The molecule has 2 rings (SSSR count). The van der Waals surface area contributed by atoms with E-state index in [9.17, 15) is 5.11 Å². The first-order valence-electron chi connectivity index (χ1n) is 5.84. The highest BCUT2D eigenvalue weighted by Crippen LogP contribution is 2.25. The van der Waals surface area contributed by atoms with E-state index in [-0.39, 0.29) is 0 Å². The summed E-state index contributed by atoms with van der Waals surface area (Å²) >= 11 is 7.63. The number of benzene rings is 1. The summed E-state index contributed by atoms with van der Waals surface area (Å²) in [5.41, 5.74) is 2.93. The van der Waals surface area contributed by atoms with Crippen molar-refractivity contribution in [3.63, 3.8) is 0 Å². The summed E-state index contributed by atoms with van der Waals surface area (Å²) in [5.74, 6) is 0. The molecular weight excluding hydrogens is 266 g/mol. The highest BCUT2D eigenvalue weighted by atomic mass is 35.5. The van der Waals surface area contributed by atoms with Crippen molar-refractivity contribution in [2.75, 3.05) is 0 Å². The maximum absolute atomic E-state index is 10.2. The van der Waals surface area contributed by atoms with Gasteiger partial charge in [-0.15, -0.1) is 11.3 Å². The lowest BCUT2D eigenvalue weighted by molar-refractivity contribution is 0.178. The Labute approximate surface area is 116 Å². The van der Waals surface area contributed by atoms with Crippen LogP contribution in [0.15, 0.2) is 18.2 Å². The van der Waals surface area contributed by atoms with Gasteiger partial charge in [0.1, 0.15) is 0 Å². The number of halogens is 1. The lowest BCUT2D eigenvalue weighted by Gasteiger charge is -2.10. The van der Waals surface area contributed by atoms with Crippen LogP contribution in [0.2, 0.25) is 5.02 Å². The molecule has 0 saturated carbocycles. The molecule has 0 bridgehead atoms. The molecule has 0 amide bonds. The molecule has 1 atom stereocenters. The lowest BCUT2D eigenvalue weighted by atomic mass is 10.0. The average Bonchev–Trinajstić information content (AvgIpc) is 2.61. The molecule has 0 saturated heterocycles. The van der Waals surface area contributed by atoms with Gasteiger partial charge >= 0.3 is 0 Å². The van der Waals surface area contributed by atoms with Crippen molar-refractivity contribution in [2.45, 2.75) is 33.3 Å². The van der Waals surface area contributed by atoms with Gasteiger partial charge in [0.15, 0.2) is 0 Å². The van der Waals surface area contributed by atoms with E-state index in [4.69, 9.17) is 11.6 Å². The van der Waals surface area contributed by atoms with Crippen molar-refractivity contribution < 1.29 is 5.11 Å². The molecule has 0 aliphatic rings. The number of aliphatic hydroxyl groups excluding tert-OH is 1. The molecule has 0 spiro atoms. The van der Waals surface area contributed by atoms with Crippen molar-refractivity contribution in [1.82, 2.24) is 4.98 Å². The van der Waals surface area contributed by atoms with Crippen molar-refractivity contribution in [2.24, 2.45) is 0 Å². The van der Waals surface area contributed by atoms with Gasteiger partial charge in [0.2, 0.25) is 0 Å². The van der Waals surface area contributed by atoms with E-state index in [2.05, 4.69) is 11.9 Å².